The quantitative estimate of drug-likeness (QED) is 0.845. The standard InChI is InChI=1S/C18H15F2NO2S/c1-11-12(7-4-8-21-11)13-5-3-6-14(13)15-9-17(20)18(10-16(15)19)24(2,22)23/h4-10H,3H2,1-2H3. The lowest BCUT2D eigenvalue weighted by Crippen LogP contribution is -2.04. The largest absolute Gasteiger partial charge is 0.261 e. The van der Waals surface area contributed by atoms with Gasteiger partial charge in [-0.3, -0.25) is 4.98 Å². The van der Waals surface area contributed by atoms with Gasteiger partial charge in [-0.1, -0.05) is 18.2 Å². The van der Waals surface area contributed by atoms with Crippen molar-refractivity contribution in [2.75, 3.05) is 6.26 Å². The summed E-state index contributed by atoms with van der Waals surface area (Å²) in [5.41, 5.74) is 2.99. The number of benzene rings is 1. The molecule has 6 heteroatoms. The lowest BCUT2D eigenvalue weighted by Gasteiger charge is -2.13. The van der Waals surface area contributed by atoms with Gasteiger partial charge in [-0.25, -0.2) is 17.2 Å². The van der Waals surface area contributed by atoms with Crippen LogP contribution in [0.5, 0.6) is 0 Å². The number of allylic oxidation sites excluding steroid dienone is 4. The van der Waals surface area contributed by atoms with E-state index in [9.17, 15) is 17.2 Å². The van der Waals surface area contributed by atoms with Crippen molar-refractivity contribution in [3.05, 3.63) is 71.1 Å². The molecule has 0 bridgehead atoms. The fourth-order valence-electron chi connectivity index (χ4n) is 2.81. The molecule has 2 aromatic rings. The Hall–Kier alpha value is -2.34. The highest BCUT2D eigenvalue weighted by Gasteiger charge is 2.23. The lowest BCUT2D eigenvalue weighted by atomic mass is 9.94. The molecule has 3 nitrogen and oxygen atoms in total. The van der Waals surface area contributed by atoms with Crippen molar-refractivity contribution >= 4 is 21.0 Å². The SMILES string of the molecule is Cc1ncccc1C1=CCC=C1c1cc(F)c(S(C)(=O)=O)cc1F. The Morgan fingerprint density at radius 2 is 1.71 bits per heavy atom. The predicted molar refractivity (Wildman–Crippen MR) is 89.0 cm³/mol. The molecule has 0 aliphatic heterocycles. The number of pyridine rings is 1. The van der Waals surface area contributed by atoms with Gasteiger partial charge in [0.1, 0.15) is 16.5 Å². The van der Waals surface area contributed by atoms with Crippen LogP contribution in [0, 0.1) is 18.6 Å². The Morgan fingerprint density at radius 1 is 1.04 bits per heavy atom. The summed E-state index contributed by atoms with van der Waals surface area (Å²) in [6.45, 7) is 1.84. The normalized spacial score (nSPS) is 14.5. The number of aromatic nitrogens is 1. The minimum atomic E-state index is -3.83. The van der Waals surface area contributed by atoms with E-state index in [-0.39, 0.29) is 5.56 Å². The van der Waals surface area contributed by atoms with E-state index in [1.54, 1.807) is 18.3 Å². The minimum absolute atomic E-state index is 0.0481. The van der Waals surface area contributed by atoms with E-state index in [0.717, 1.165) is 35.2 Å². The number of sulfone groups is 1. The summed E-state index contributed by atoms with van der Waals surface area (Å²) >= 11 is 0. The molecule has 0 radical (unpaired) electrons. The molecule has 24 heavy (non-hydrogen) atoms. The van der Waals surface area contributed by atoms with Crippen LogP contribution in [0.15, 0.2) is 47.5 Å². The van der Waals surface area contributed by atoms with Gasteiger partial charge in [0.05, 0.1) is 0 Å². The van der Waals surface area contributed by atoms with Gasteiger partial charge in [-0.2, -0.15) is 0 Å². The van der Waals surface area contributed by atoms with Crippen molar-refractivity contribution in [2.45, 2.75) is 18.2 Å². The van der Waals surface area contributed by atoms with E-state index in [1.807, 2.05) is 19.1 Å². The summed E-state index contributed by atoms with van der Waals surface area (Å²) in [4.78, 5) is 3.59. The Kier molecular flexibility index (Phi) is 4.09. The average Bonchev–Trinajstić information content (AvgIpc) is 2.97. The van der Waals surface area contributed by atoms with E-state index in [4.69, 9.17) is 0 Å². The third kappa shape index (κ3) is 2.89. The number of hydrogen-bond acceptors (Lipinski definition) is 3. The first-order chi connectivity index (χ1) is 11.3. The number of nitrogens with zero attached hydrogens (tertiary/aromatic N) is 1. The average molecular weight is 347 g/mol. The second-order valence-electron chi connectivity index (χ2n) is 5.64. The molecular formula is C18H15F2NO2S. The summed E-state index contributed by atoms with van der Waals surface area (Å²) in [5.74, 6) is -1.72. The monoisotopic (exact) mass is 347 g/mol. The van der Waals surface area contributed by atoms with Crippen LogP contribution < -0.4 is 0 Å². The molecule has 1 aliphatic rings. The highest BCUT2D eigenvalue weighted by molar-refractivity contribution is 7.90. The Bertz CT molecular complexity index is 992. The van der Waals surface area contributed by atoms with Crippen LogP contribution in [0.4, 0.5) is 8.78 Å². The Morgan fingerprint density at radius 3 is 2.33 bits per heavy atom. The van der Waals surface area contributed by atoms with E-state index in [1.165, 1.54) is 0 Å². The van der Waals surface area contributed by atoms with Crippen LogP contribution in [-0.4, -0.2) is 19.7 Å². The van der Waals surface area contributed by atoms with Crippen molar-refractivity contribution in [3.8, 4) is 0 Å². The zero-order valence-corrected chi connectivity index (χ0v) is 14.0. The summed E-state index contributed by atoms with van der Waals surface area (Å²) in [6.07, 6.45) is 6.82. The predicted octanol–water partition coefficient (Wildman–Crippen LogP) is 3.94. The van der Waals surface area contributed by atoms with Crippen molar-refractivity contribution in [2.24, 2.45) is 0 Å². The number of hydrogen-bond donors (Lipinski definition) is 0. The van der Waals surface area contributed by atoms with E-state index in [0.29, 0.717) is 12.0 Å². The fraction of sp³-hybridized carbons (Fsp3) is 0.167. The molecule has 0 saturated carbocycles. The highest BCUT2D eigenvalue weighted by Crippen LogP contribution is 2.39. The molecule has 0 fully saturated rings. The van der Waals surface area contributed by atoms with Crippen LogP contribution in [0.2, 0.25) is 0 Å². The van der Waals surface area contributed by atoms with Gasteiger partial charge < -0.3 is 0 Å². The second-order valence-corrected chi connectivity index (χ2v) is 7.63. The van der Waals surface area contributed by atoms with Crippen LogP contribution in [0.3, 0.4) is 0 Å². The molecule has 1 aromatic carbocycles. The summed E-state index contributed by atoms with van der Waals surface area (Å²) < 4.78 is 51.7. The summed E-state index contributed by atoms with van der Waals surface area (Å²) in [6, 6.07) is 5.34. The van der Waals surface area contributed by atoms with Gasteiger partial charge >= 0.3 is 0 Å². The molecule has 0 atom stereocenters. The first kappa shape index (κ1) is 16.5. The van der Waals surface area contributed by atoms with Crippen LogP contribution >= 0.6 is 0 Å². The van der Waals surface area contributed by atoms with Gasteiger partial charge in [-0.15, -0.1) is 0 Å². The molecule has 1 aliphatic carbocycles. The molecular weight excluding hydrogens is 332 g/mol. The maximum absolute atomic E-state index is 14.5. The first-order valence-electron chi connectivity index (χ1n) is 7.31. The maximum atomic E-state index is 14.5. The maximum Gasteiger partial charge on any atom is 0.178 e. The zero-order valence-electron chi connectivity index (χ0n) is 13.2. The first-order valence-corrected chi connectivity index (χ1v) is 9.20. The van der Waals surface area contributed by atoms with Crippen molar-refractivity contribution in [3.63, 3.8) is 0 Å². The molecule has 0 amide bonds. The van der Waals surface area contributed by atoms with Crippen LogP contribution in [-0.2, 0) is 9.84 Å². The topological polar surface area (TPSA) is 47.0 Å². The third-order valence-electron chi connectivity index (χ3n) is 3.94. The van der Waals surface area contributed by atoms with Gasteiger partial charge in [-0.05, 0) is 42.7 Å². The van der Waals surface area contributed by atoms with E-state index in [2.05, 4.69) is 4.98 Å². The molecule has 0 saturated heterocycles. The van der Waals surface area contributed by atoms with E-state index >= 15 is 0 Å². The van der Waals surface area contributed by atoms with E-state index < -0.39 is 26.4 Å². The van der Waals surface area contributed by atoms with Crippen molar-refractivity contribution < 1.29 is 17.2 Å². The molecule has 124 valence electrons. The Balaban J connectivity index is 2.12. The van der Waals surface area contributed by atoms with Crippen molar-refractivity contribution in [1.82, 2.24) is 4.98 Å². The second kappa shape index (κ2) is 5.94. The molecule has 1 heterocycles. The van der Waals surface area contributed by atoms with Crippen LogP contribution in [0.1, 0.15) is 23.2 Å². The summed E-state index contributed by atoms with van der Waals surface area (Å²) in [5, 5.41) is 0. The Labute approximate surface area is 139 Å². The van der Waals surface area contributed by atoms with Gasteiger partial charge in [0.15, 0.2) is 9.84 Å². The third-order valence-corrected chi connectivity index (χ3v) is 5.05. The fourth-order valence-corrected chi connectivity index (χ4v) is 3.54. The molecule has 1 aromatic heterocycles. The van der Waals surface area contributed by atoms with Gasteiger partial charge in [0.25, 0.3) is 0 Å². The molecule has 0 N–H and O–H groups in total. The highest BCUT2D eigenvalue weighted by atomic mass is 32.2. The molecule has 3 rings (SSSR count). The molecule has 0 spiro atoms. The molecule has 0 unspecified atom stereocenters. The lowest BCUT2D eigenvalue weighted by molar-refractivity contribution is 0.554. The van der Waals surface area contributed by atoms with Gasteiger partial charge in [0, 0.05) is 29.3 Å². The zero-order chi connectivity index (χ0) is 17.5. The van der Waals surface area contributed by atoms with Crippen LogP contribution in [0.25, 0.3) is 11.1 Å². The van der Waals surface area contributed by atoms with Crippen molar-refractivity contribution in [1.29, 1.82) is 0 Å². The minimum Gasteiger partial charge on any atom is -0.261 e. The smallest absolute Gasteiger partial charge is 0.178 e. The summed E-state index contributed by atoms with van der Waals surface area (Å²) in [7, 11) is -3.83. The number of aryl methyl sites for hydroxylation is 1. The van der Waals surface area contributed by atoms with Gasteiger partial charge in [0.2, 0.25) is 0 Å². The number of rotatable bonds is 3. The number of halogens is 2.